The Bertz CT molecular complexity index is 1010. The number of benzene rings is 1. The van der Waals surface area contributed by atoms with Crippen LogP contribution in [0.4, 0.5) is 0 Å². The Balaban J connectivity index is 1.72. The summed E-state index contributed by atoms with van der Waals surface area (Å²) in [5.41, 5.74) is 1.42. The lowest BCUT2D eigenvalue weighted by atomic mass is 9.95. The summed E-state index contributed by atoms with van der Waals surface area (Å²) < 4.78 is 5.56. The lowest BCUT2D eigenvalue weighted by Gasteiger charge is -2.13. The first-order valence-electron chi connectivity index (χ1n) is 7.67. The molecule has 8 heteroatoms. The zero-order chi connectivity index (χ0) is 16.8. The van der Waals surface area contributed by atoms with Gasteiger partial charge >= 0.3 is 5.97 Å². The number of rotatable bonds is 3. The van der Waals surface area contributed by atoms with Crippen molar-refractivity contribution < 1.29 is 14.3 Å². The standard InChI is InChI=1S/C16H14BN3O4/c17-9-1-2-11-10(5-9)13-14(24-11)15(21)19-12(18-13)7-20-4-3-8(6-20)16(22)23/h1-2,5,8H,3-4,6-7H2,(H,22,23)(H,18,19,21). The van der Waals surface area contributed by atoms with Crippen molar-refractivity contribution in [3.63, 3.8) is 0 Å². The van der Waals surface area contributed by atoms with E-state index in [0.717, 1.165) is 0 Å². The van der Waals surface area contributed by atoms with Crippen LogP contribution >= 0.6 is 0 Å². The van der Waals surface area contributed by atoms with Gasteiger partial charge in [0, 0.05) is 11.9 Å². The Labute approximate surface area is 137 Å². The summed E-state index contributed by atoms with van der Waals surface area (Å²) in [5.74, 6) is -0.663. The molecule has 120 valence electrons. The van der Waals surface area contributed by atoms with E-state index >= 15 is 0 Å². The molecule has 3 aromatic rings. The van der Waals surface area contributed by atoms with E-state index in [0.29, 0.717) is 53.8 Å². The number of nitrogens with zero attached hydrogens (tertiary/aromatic N) is 2. The number of aliphatic carboxylic acids is 1. The maximum atomic E-state index is 12.3. The second kappa shape index (κ2) is 5.49. The highest BCUT2D eigenvalue weighted by atomic mass is 16.4. The molecule has 24 heavy (non-hydrogen) atoms. The highest BCUT2D eigenvalue weighted by molar-refractivity contribution is 6.33. The van der Waals surface area contributed by atoms with E-state index in [2.05, 4.69) is 9.97 Å². The number of carboxylic acid groups (broad SMARTS) is 1. The van der Waals surface area contributed by atoms with Crippen LogP contribution in [0.25, 0.3) is 22.1 Å². The maximum absolute atomic E-state index is 12.3. The molecule has 1 saturated heterocycles. The molecule has 2 radical (unpaired) electrons. The van der Waals surface area contributed by atoms with Crippen molar-refractivity contribution in [1.82, 2.24) is 14.9 Å². The number of furan rings is 1. The summed E-state index contributed by atoms with van der Waals surface area (Å²) in [7, 11) is 5.81. The number of aromatic amines is 1. The normalized spacial score (nSPS) is 18.6. The van der Waals surface area contributed by atoms with Crippen LogP contribution in [0.15, 0.2) is 27.4 Å². The van der Waals surface area contributed by atoms with E-state index in [4.69, 9.17) is 17.4 Å². The number of hydrogen-bond donors (Lipinski definition) is 2. The average Bonchev–Trinajstić information content (AvgIpc) is 3.13. The van der Waals surface area contributed by atoms with Crippen LogP contribution in [0.5, 0.6) is 0 Å². The smallest absolute Gasteiger partial charge is 0.307 e. The summed E-state index contributed by atoms with van der Waals surface area (Å²) in [4.78, 5) is 32.5. The van der Waals surface area contributed by atoms with Crippen LogP contribution in [0.2, 0.25) is 0 Å². The van der Waals surface area contributed by atoms with Crippen LogP contribution in [0, 0.1) is 5.92 Å². The first-order chi connectivity index (χ1) is 11.5. The number of nitrogens with one attached hydrogen (secondary N) is 1. The maximum Gasteiger partial charge on any atom is 0.307 e. The molecule has 0 saturated carbocycles. The van der Waals surface area contributed by atoms with Gasteiger partial charge in [-0.1, -0.05) is 17.6 Å². The first kappa shape index (κ1) is 15.0. The molecule has 4 rings (SSSR count). The van der Waals surface area contributed by atoms with E-state index in [-0.39, 0.29) is 17.1 Å². The zero-order valence-corrected chi connectivity index (χ0v) is 12.8. The zero-order valence-electron chi connectivity index (χ0n) is 12.8. The van der Waals surface area contributed by atoms with Gasteiger partial charge in [-0.3, -0.25) is 14.5 Å². The first-order valence-corrected chi connectivity index (χ1v) is 7.67. The van der Waals surface area contributed by atoms with Gasteiger partial charge in [-0.25, -0.2) is 4.98 Å². The number of likely N-dealkylation sites (tertiary alicyclic amines) is 1. The van der Waals surface area contributed by atoms with E-state index in [1.54, 1.807) is 18.2 Å². The number of aromatic nitrogens is 2. The molecular formula is C16H14BN3O4. The van der Waals surface area contributed by atoms with Crippen molar-refractivity contribution in [1.29, 1.82) is 0 Å². The number of hydrogen-bond acceptors (Lipinski definition) is 5. The molecule has 2 N–H and O–H groups in total. The predicted molar refractivity (Wildman–Crippen MR) is 88.5 cm³/mol. The van der Waals surface area contributed by atoms with E-state index in [1.807, 2.05) is 4.90 Å². The minimum Gasteiger partial charge on any atom is -0.481 e. The summed E-state index contributed by atoms with van der Waals surface area (Å²) >= 11 is 0. The third-order valence-electron chi connectivity index (χ3n) is 4.39. The number of fused-ring (bicyclic) bond motifs is 3. The minimum absolute atomic E-state index is 0.171. The summed E-state index contributed by atoms with van der Waals surface area (Å²) in [6.45, 7) is 1.51. The molecule has 0 bridgehead atoms. The van der Waals surface area contributed by atoms with Crippen molar-refractivity contribution in [3.05, 3.63) is 34.4 Å². The molecule has 1 fully saturated rings. The molecular weight excluding hydrogens is 309 g/mol. The van der Waals surface area contributed by atoms with Crippen LogP contribution in [0.3, 0.4) is 0 Å². The Kier molecular flexibility index (Phi) is 3.42. The van der Waals surface area contributed by atoms with Crippen LogP contribution < -0.4 is 11.0 Å². The fourth-order valence-corrected chi connectivity index (χ4v) is 3.18. The second-order valence-electron chi connectivity index (χ2n) is 6.11. The summed E-state index contributed by atoms with van der Waals surface area (Å²) in [6, 6.07) is 5.15. The Hall–Kier alpha value is -2.61. The van der Waals surface area contributed by atoms with Gasteiger partial charge in [0.1, 0.15) is 24.8 Å². The van der Waals surface area contributed by atoms with E-state index < -0.39 is 5.97 Å². The van der Waals surface area contributed by atoms with Crippen molar-refractivity contribution >= 4 is 41.3 Å². The molecule has 1 aliphatic rings. The molecule has 1 aromatic carbocycles. The van der Waals surface area contributed by atoms with Crippen LogP contribution in [0.1, 0.15) is 12.2 Å². The van der Waals surface area contributed by atoms with Crippen LogP contribution in [-0.4, -0.2) is 46.9 Å². The van der Waals surface area contributed by atoms with Gasteiger partial charge in [-0.2, -0.15) is 0 Å². The van der Waals surface area contributed by atoms with Crippen molar-refractivity contribution in [2.75, 3.05) is 13.1 Å². The van der Waals surface area contributed by atoms with Gasteiger partial charge in [0.15, 0.2) is 0 Å². The highest BCUT2D eigenvalue weighted by Crippen LogP contribution is 2.24. The quantitative estimate of drug-likeness (QED) is 0.676. The number of H-pyrrole nitrogens is 1. The fraction of sp³-hybridized carbons (Fsp3) is 0.312. The highest BCUT2D eigenvalue weighted by Gasteiger charge is 2.28. The van der Waals surface area contributed by atoms with E-state index in [9.17, 15) is 9.59 Å². The van der Waals surface area contributed by atoms with Gasteiger partial charge in [0.05, 0.1) is 12.5 Å². The molecule has 3 heterocycles. The third-order valence-corrected chi connectivity index (χ3v) is 4.39. The van der Waals surface area contributed by atoms with Gasteiger partial charge in [-0.05, 0) is 19.0 Å². The molecule has 7 nitrogen and oxygen atoms in total. The summed E-state index contributed by atoms with van der Waals surface area (Å²) in [5, 5.41) is 9.77. The fourth-order valence-electron chi connectivity index (χ4n) is 3.18. The minimum atomic E-state index is -0.786. The molecule has 1 unspecified atom stereocenters. The molecule has 2 aromatic heterocycles. The Morgan fingerprint density at radius 1 is 1.50 bits per heavy atom. The van der Waals surface area contributed by atoms with Crippen molar-refractivity contribution in [2.45, 2.75) is 13.0 Å². The lowest BCUT2D eigenvalue weighted by Crippen LogP contribution is -2.25. The third kappa shape index (κ3) is 2.48. The number of carboxylic acids is 1. The summed E-state index contributed by atoms with van der Waals surface area (Å²) in [6.07, 6.45) is 0.604. The van der Waals surface area contributed by atoms with Gasteiger partial charge < -0.3 is 14.5 Å². The van der Waals surface area contributed by atoms with Crippen molar-refractivity contribution in [2.24, 2.45) is 5.92 Å². The molecule has 1 aliphatic heterocycles. The molecule has 0 amide bonds. The van der Waals surface area contributed by atoms with Gasteiger partial charge in [0.2, 0.25) is 5.58 Å². The predicted octanol–water partition coefficient (Wildman–Crippen LogP) is 0.370. The largest absolute Gasteiger partial charge is 0.481 e. The van der Waals surface area contributed by atoms with Gasteiger partial charge in [0.25, 0.3) is 5.56 Å². The Morgan fingerprint density at radius 3 is 3.08 bits per heavy atom. The number of carbonyl (C=O) groups is 1. The second-order valence-corrected chi connectivity index (χ2v) is 6.11. The van der Waals surface area contributed by atoms with Gasteiger partial charge in [-0.15, -0.1) is 0 Å². The average molecular weight is 323 g/mol. The van der Waals surface area contributed by atoms with Crippen LogP contribution in [-0.2, 0) is 11.3 Å². The topological polar surface area (TPSA) is 99.4 Å². The molecule has 1 atom stereocenters. The molecule has 0 aliphatic carbocycles. The SMILES string of the molecule is [B]c1ccc2oc3c(=O)[nH]c(CN4CCC(C(=O)O)C4)nc3c2c1. The van der Waals surface area contributed by atoms with E-state index in [1.165, 1.54) is 0 Å². The lowest BCUT2D eigenvalue weighted by molar-refractivity contribution is -0.141. The molecule has 0 spiro atoms. The monoisotopic (exact) mass is 323 g/mol. The Morgan fingerprint density at radius 2 is 2.33 bits per heavy atom. The van der Waals surface area contributed by atoms with Crippen molar-refractivity contribution in [3.8, 4) is 0 Å².